The molecule has 3 nitrogen and oxygen atoms in total. The van der Waals surface area contributed by atoms with Crippen molar-refractivity contribution in [1.82, 2.24) is 9.97 Å². The molecule has 0 radical (unpaired) electrons. The van der Waals surface area contributed by atoms with Crippen molar-refractivity contribution in [2.45, 2.75) is 0 Å². The summed E-state index contributed by atoms with van der Waals surface area (Å²) in [7, 11) is 0. The molecule has 0 saturated heterocycles. The van der Waals surface area contributed by atoms with E-state index < -0.39 is 0 Å². The van der Waals surface area contributed by atoms with Crippen molar-refractivity contribution in [3.05, 3.63) is 46.9 Å². The molecule has 0 amide bonds. The summed E-state index contributed by atoms with van der Waals surface area (Å²) in [5, 5.41) is 8.60. The van der Waals surface area contributed by atoms with E-state index in [2.05, 4.69) is 15.3 Å². The van der Waals surface area contributed by atoms with E-state index in [1.807, 2.05) is 29.0 Å². The van der Waals surface area contributed by atoms with Crippen molar-refractivity contribution < 1.29 is 4.39 Å². The number of rotatable bonds is 3. The summed E-state index contributed by atoms with van der Waals surface area (Å²) in [4.78, 5) is 9.95. The minimum atomic E-state index is -0.296. The Balaban J connectivity index is 1.64. The van der Waals surface area contributed by atoms with Gasteiger partial charge in [-0.1, -0.05) is 23.5 Å². The molecule has 4 aromatic rings. The van der Waals surface area contributed by atoms with Crippen LogP contribution in [0.5, 0.6) is 0 Å². The lowest BCUT2D eigenvalue weighted by molar-refractivity contribution is 0.637. The molecule has 0 bridgehead atoms. The standard InChI is InChI=1S/C14H8FN3S3/c15-8-3-1-4-11-12(8)17-14(21-11)18-13-16-9(7-20-13)10-5-2-6-19-10/h1-7H,(H,16,17,18). The number of hydrogen-bond acceptors (Lipinski definition) is 6. The normalized spacial score (nSPS) is 11.1. The second kappa shape index (κ2) is 5.18. The van der Waals surface area contributed by atoms with E-state index in [4.69, 9.17) is 0 Å². The smallest absolute Gasteiger partial charge is 0.190 e. The lowest BCUT2D eigenvalue weighted by Gasteiger charge is -1.94. The molecule has 104 valence electrons. The van der Waals surface area contributed by atoms with Gasteiger partial charge < -0.3 is 5.32 Å². The number of fused-ring (bicyclic) bond motifs is 1. The zero-order valence-electron chi connectivity index (χ0n) is 10.5. The number of para-hydroxylation sites is 1. The Kier molecular flexibility index (Phi) is 3.17. The molecule has 7 heteroatoms. The van der Waals surface area contributed by atoms with Crippen LogP contribution >= 0.6 is 34.0 Å². The average molecular weight is 333 g/mol. The first kappa shape index (κ1) is 12.9. The Labute approximate surface area is 131 Å². The topological polar surface area (TPSA) is 37.8 Å². The van der Waals surface area contributed by atoms with Gasteiger partial charge >= 0.3 is 0 Å². The molecule has 0 aliphatic rings. The third-order valence-electron chi connectivity index (χ3n) is 2.86. The first-order valence-corrected chi connectivity index (χ1v) is 8.69. The van der Waals surface area contributed by atoms with Gasteiger partial charge in [-0.25, -0.2) is 14.4 Å². The Morgan fingerprint density at radius 3 is 2.76 bits per heavy atom. The van der Waals surface area contributed by atoms with Crippen molar-refractivity contribution in [1.29, 1.82) is 0 Å². The van der Waals surface area contributed by atoms with Gasteiger partial charge in [-0.15, -0.1) is 22.7 Å². The van der Waals surface area contributed by atoms with E-state index in [-0.39, 0.29) is 5.82 Å². The van der Waals surface area contributed by atoms with Crippen molar-refractivity contribution in [2.24, 2.45) is 0 Å². The number of nitrogens with one attached hydrogen (secondary N) is 1. The monoisotopic (exact) mass is 333 g/mol. The van der Waals surface area contributed by atoms with Crippen molar-refractivity contribution >= 4 is 54.5 Å². The summed E-state index contributed by atoms with van der Waals surface area (Å²) in [6.07, 6.45) is 0. The van der Waals surface area contributed by atoms with Crippen LogP contribution in [0.25, 0.3) is 20.8 Å². The zero-order chi connectivity index (χ0) is 14.2. The highest BCUT2D eigenvalue weighted by atomic mass is 32.1. The van der Waals surface area contributed by atoms with E-state index >= 15 is 0 Å². The summed E-state index contributed by atoms with van der Waals surface area (Å²) in [6, 6.07) is 9.02. The SMILES string of the molecule is Fc1cccc2sc(Nc3nc(-c4cccs4)cs3)nc12. The Hall–Kier alpha value is -1.83. The molecule has 0 unspecified atom stereocenters. The molecule has 21 heavy (non-hydrogen) atoms. The van der Waals surface area contributed by atoms with Gasteiger partial charge in [0.1, 0.15) is 11.3 Å². The van der Waals surface area contributed by atoms with Crippen LogP contribution in [0.4, 0.5) is 14.7 Å². The fraction of sp³-hybridized carbons (Fsp3) is 0. The zero-order valence-corrected chi connectivity index (χ0v) is 13.0. The molecule has 0 saturated carbocycles. The van der Waals surface area contributed by atoms with E-state index in [1.54, 1.807) is 17.4 Å². The fourth-order valence-corrected chi connectivity index (χ4v) is 4.34. The largest absolute Gasteiger partial charge is 0.307 e. The predicted molar refractivity (Wildman–Crippen MR) is 88.3 cm³/mol. The second-order valence-corrected chi connectivity index (χ2v) is 7.08. The molecule has 0 atom stereocenters. The van der Waals surface area contributed by atoms with E-state index in [1.165, 1.54) is 28.7 Å². The number of aromatic nitrogens is 2. The number of nitrogens with zero attached hydrogens (tertiary/aromatic N) is 2. The van der Waals surface area contributed by atoms with Gasteiger partial charge in [-0.05, 0) is 23.6 Å². The van der Waals surface area contributed by atoms with Crippen LogP contribution in [-0.2, 0) is 0 Å². The quantitative estimate of drug-likeness (QED) is 0.548. The Morgan fingerprint density at radius 2 is 1.95 bits per heavy atom. The second-order valence-electron chi connectivity index (χ2n) is 4.25. The van der Waals surface area contributed by atoms with E-state index in [0.29, 0.717) is 10.6 Å². The first-order chi connectivity index (χ1) is 10.3. The van der Waals surface area contributed by atoms with Crippen molar-refractivity contribution in [3.63, 3.8) is 0 Å². The number of hydrogen-bond donors (Lipinski definition) is 1. The van der Waals surface area contributed by atoms with E-state index in [9.17, 15) is 4.39 Å². The molecule has 0 fully saturated rings. The maximum Gasteiger partial charge on any atom is 0.190 e. The average Bonchev–Trinajstić information content (AvgIpc) is 3.18. The van der Waals surface area contributed by atoms with Crippen LogP contribution in [0, 0.1) is 5.82 Å². The lowest BCUT2D eigenvalue weighted by atomic mass is 10.3. The van der Waals surface area contributed by atoms with Crippen LogP contribution in [0.1, 0.15) is 0 Å². The highest BCUT2D eigenvalue weighted by Crippen LogP contribution is 2.33. The molecule has 4 rings (SSSR count). The van der Waals surface area contributed by atoms with Gasteiger partial charge in [0.25, 0.3) is 0 Å². The van der Waals surface area contributed by atoms with Crippen LogP contribution in [-0.4, -0.2) is 9.97 Å². The number of benzene rings is 1. The summed E-state index contributed by atoms with van der Waals surface area (Å²) < 4.78 is 14.5. The summed E-state index contributed by atoms with van der Waals surface area (Å²) in [5.74, 6) is -0.296. The van der Waals surface area contributed by atoms with Gasteiger partial charge in [0, 0.05) is 5.38 Å². The molecule has 0 aliphatic carbocycles. The minimum Gasteiger partial charge on any atom is -0.307 e. The molecular formula is C14H8FN3S3. The van der Waals surface area contributed by atoms with Gasteiger partial charge in [-0.3, -0.25) is 0 Å². The predicted octanol–water partition coefficient (Wildman–Crippen LogP) is 5.36. The molecule has 1 aromatic carbocycles. The highest BCUT2D eigenvalue weighted by Gasteiger charge is 2.10. The molecule has 3 aromatic heterocycles. The number of thiophene rings is 1. The molecule has 1 N–H and O–H groups in total. The highest BCUT2D eigenvalue weighted by molar-refractivity contribution is 7.22. The summed E-state index contributed by atoms with van der Waals surface area (Å²) in [6.45, 7) is 0. The van der Waals surface area contributed by atoms with E-state index in [0.717, 1.165) is 20.4 Å². The molecule has 0 spiro atoms. The third-order valence-corrected chi connectivity index (χ3v) is 5.45. The number of anilines is 2. The van der Waals surface area contributed by atoms with Crippen LogP contribution < -0.4 is 5.32 Å². The van der Waals surface area contributed by atoms with Gasteiger partial charge in [0.15, 0.2) is 10.3 Å². The van der Waals surface area contributed by atoms with Gasteiger partial charge in [0.05, 0.1) is 15.3 Å². The number of halogens is 1. The Morgan fingerprint density at radius 1 is 1.00 bits per heavy atom. The summed E-state index contributed by atoms with van der Waals surface area (Å²) >= 11 is 4.59. The van der Waals surface area contributed by atoms with Crippen LogP contribution in [0.3, 0.4) is 0 Å². The lowest BCUT2D eigenvalue weighted by Crippen LogP contribution is -1.88. The van der Waals surface area contributed by atoms with Crippen LogP contribution in [0.2, 0.25) is 0 Å². The molecule has 3 heterocycles. The minimum absolute atomic E-state index is 0.296. The summed E-state index contributed by atoms with van der Waals surface area (Å²) in [5.41, 5.74) is 1.35. The number of thiazole rings is 2. The third kappa shape index (κ3) is 2.44. The van der Waals surface area contributed by atoms with Gasteiger partial charge in [0.2, 0.25) is 0 Å². The molecular weight excluding hydrogens is 325 g/mol. The Bertz CT molecular complexity index is 895. The maximum absolute atomic E-state index is 13.6. The van der Waals surface area contributed by atoms with Crippen molar-refractivity contribution in [3.8, 4) is 10.6 Å². The maximum atomic E-state index is 13.6. The van der Waals surface area contributed by atoms with Crippen molar-refractivity contribution in [2.75, 3.05) is 5.32 Å². The molecule has 0 aliphatic heterocycles. The van der Waals surface area contributed by atoms with Gasteiger partial charge in [-0.2, -0.15) is 0 Å². The first-order valence-electron chi connectivity index (χ1n) is 6.11. The fourth-order valence-electron chi connectivity index (χ4n) is 1.93. The van der Waals surface area contributed by atoms with Crippen LogP contribution in [0.15, 0.2) is 41.1 Å².